The zero-order chi connectivity index (χ0) is 19.9. The van der Waals surface area contributed by atoms with Crippen molar-refractivity contribution >= 4 is 35.3 Å². The van der Waals surface area contributed by atoms with E-state index in [9.17, 15) is 9.90 Å². The van der Waals surface area contributed by atoms with Gasteiger partial charge in [-0.3, -0.25) is 4.79 Å². The van der Waals surface area contributed by atoms with Gasteiger partial charge in [0.15, 0.2) is 6.61 Å². The van der Waals surface area contributed by atoms with Gasteiger partial charge in [-0.1, -0.05) is 65.7 Å². The second kappa shape index (κ2) is 9.26. The number of halogens is 2. The number of aromatic hydroxyl groups is 1. The molecule has 0 fully saturated rings. The molecule has 142 valence electrons. The quantitative estimate of drug-likeness (QED) is 0.445. The van der Waals surface area contributed by atoms with E-state index in [0.29, 0.717) is 10.8 Å². The Morgan fingerprint density at radius 1 is 1.04 bits per heavy atom. The van der Waals surface area contributed by atoms with E-state index in [4.69, 9.17) is 27.9 Å². The number of benzene rings is 3. The van der Waals surface area contributed by atoms with Crippen LogP contribution in [0.15, 0.2) is 71.8 Å². The Morgan fingerprint density at radius 3 is 2.43 bits per heavy atom. The van der Waals surface area contributed by atoms with E-state index in [1.807, 2.05) is 42.5 Å². The first kappa shape index (κ1) is 19.7. The summed E-state index contributed by atoms with van der Waals surface area (Å²) in [4.78, 5) is 11.8. The fourth-order valence-electron chi connectivity index (χ4n) is 2.41. The number of phenols is 1. The normalized spacial score (nSPS) is 10.8. The van der Waals surface area contributed by atoms with Gasteiger partial charge >= 0.3 is 0 Å². The van der Waals surface area contributed by atoms with Gasteiger partial charge in [-0.2, -0.15) is 5.10 Å². The number of hydrazone groups is 1. The van der Waals surface area contributed by atoms with Crippen LogP contribution in [0, 0.1) is 0 Å². The van der Waals surface area contributed by atoms with Crippen molar-refractivity contribution in [3.05, 3.63) is 82.3 Å². The molecule has 28 heavy (non-hydrogen) atoms. The summed E-state index contributed by atoms with van der Waals surface area (Å²) in [5, 5.41) is 14.0. The summed E-state index contributed by atoms with van der Waals surface area (Å²) in [6.45, 7) is -0.204. The molecule has 7 heteroatoms. The number of phenolic OH excluding ortho intramolecular Hbond substituents is 1. The minimum atomic E-state index is -0.448. The van der Waals surface area contributed by atoms with Crippen molar-refractivity contribution in [2.75, 3.05) is 6.61 Å². The third-order valence-electron chi connectivity index (χ3n) is 3.78. The van der Waals surface area contributed by atoms with Crippen molar-refractivity contribution < 1.29 is 14.6 Å². The Bertz CT molecular complexity index is 991. The minimum Gasteiger partial charge on any atom is -0.506 e. The molecular weight excluding hydrogens is 399 g/mol. The van der Waals surface area contributed by atoms with Crippen molar-refractivity contribution in [3.63, 3.8) is 0 Å². The molecule has 0 aliphatic rings. The molecule has 0 radical (unpaired) electrons. The highest BCUT2D eigenvalue weighted by molar-refractivity contribution is 6.36. The molecule has 1 amide bonds. The average molecular weight is 415 g/mol. The maximum atomic E-state index is 11.8. The molecule has 0 spiro atoms. The van der Waals surface area contributed by atoms with Crippen LogP contribution in [-0.2, 0) is 4.79 Å². The predicted molar refractivity (Wildman–Crippen MR) is 111 cm³/mol. The van der Waals surface area contributed by atoms with Crippen LogP contribution in [0.25, 0.3) is 11.1 Å². The zero-order valence-corrected chi connectivity index (χ0v) is 16.1. The van der Waals surface area contributed by atoms with E-state index in [-0.39, 0.29) is 22.9 Å². The van der Waals surface area contributed by atoms with Gasteiger partial charge in [0.25, 0.3) is 5.91 Å². The summed E-state index contributed by atoms with van der Waals surface area (Å²) in [6.07, 6.45) is 1.25. The largest absolute Gasteiger partial charge is 0.506 e. The number of carbonyl (C=O) groups is 1. The third kappa shape index (κ3) is 5.25. The first-order valence-electron chi connectivity index (χ1n) is 8.31. The minimum absolute atomic E-state index is 0.0996. The molecule has 0 bridgehead atoms. The molecule has 3 aromatic carbocycles. The molecule has 0 saturated carbocycles. The van der Waals surface area contributed by atoms with E-state index in [1.54, 1.807) is 12.1 Å². The lowest BCUT2D eigenvalue weighted by atomic mass is 10.1. The highest BCUT2D eigenvalue weighted by Crippen LogP contribution is 2.29. The van der Waals surface area contributed by atoms with Crippen LogP contribution in [-0.4, -0.2) is 23.8 Å². The van der Waals surface area contributed by atoms with E-state index in [1.165, 1.54) is 18.3 Å². The number of ether oxygens (including phenoxy) is 1. The fraction of sp³-hybridized carbons (Fsp3) is 0.0476. The summed E-state index contributed by atoms with van der Waals surface area (Å²) in [6, 6.07) is 20.3. The van der Waals surface area contributed by atoms with Crippen LogP contribution in [0.1, 0.15) is 5.56 Å². The van der Waals surface area contributed by atoms with E-state index in [2.05, 4.69) is 10.5 Å². The third-order valence-corrected chi connectivity index (χ3v) is 4.29. The van der Waals surface area contributed by atoms with Gasteiger partial charge in [-0.05, 0) is 35.4 Å². The lowest BCUT2D eigenvalue weighted by Crippen LogP contribution is -2.24. The molecular formula is C21H16Cl2N2O3. The summed E-state index contributed by atoms with van der Waals surface area (Å²) >= 11 is 11.7. The second-order valence-corrected chi connectivity index (χ2v) is 6.64. The van der Waals surface area contributed by atoms with Gasteiger partial charge in [0.1, 0.15) is 11.5 Å². The number of nitrogens with zero attached hydrogens (tertiary/aromatic N) is 1. The summed E-state index contributed by atoms with van der Waals surface area (Å²) in [7, 11) is 0. The molecule has 2 N–H and O–H groups in total. The maximum absolute atomic E-state index is 11.8. The molecule has 0 atom stereocenters. The highest BCUT2D eigenvalue weighted by atomic mass is 35.5. The van der Waals surface area contributed by atoms with Crippen LogP contribution in [0.5, 0.6) is 11.5 Å². The van der Waals surface area contributed by atoms with Gasteiger partial charge in [0.05, 0.1) is 11.2 Å². The average Bonchev–Trinajstić information content (AvgIpc) is 2.71. The molecule has 0 saturated heterocycles. The van der Waals surface area contributed by atoms with Crippen LogP contribution in [0.2, 0.25) is 10.0 Å². The van der Waals surface area contributed by atoms with Crippen molar-refractivity contribution in [1.82, 2.24) is 5.43 Å². The monoisotopic (exact) mass is 414 g/mol. The molecule has 0 aromatic heterocycles. The van der Waals surface area contributed by atoms with Gasteiger partial charge in [0.2, 0.25) is 0 Å². The van der Waals surface area contributed by atoms with Crippen LogP contribution in [0.4, 0.5) is 0 Å². The number of nitrogens with one attached hydrogen (secondary N) is 1. The lowest BCUT2D eigenvalue weighted by Gasteiger charge is -2.07. The topological polar surface area (TPSA) is 70.9 Å². The van der Waals surface area contributed by atoms with Crippen LogP contribution >= 0.6 is 23.2 Å². The lowest BCUT2D eigenvalue weighted by molar-refractivity contribution is -0.123. The van der Waals surface area contributed by atoms with Crippen molar-refractivity contribution in [3.8, 4) is 22.6 Å². The predicted octanol–water partition coefficient (Wildman–Crippen LogP) is 4.90. The van der Waals surface area contributed by atoms with Gasteiger partial charge < -0.3 is 9.84 Å². The first-order valence-corrected chi connectivity index (χ1v) is 9.07. The van der Waals surface area contributed by atoms with Crippen molar-refractivity contribution in [2.24, 2.45) is 5.10 Å². The van der Waals surface area contributed by atoms with Crippen LogP contribution < -0.4 is 10.2 Å². The molecule has 0 unspecified atom stereocenters. The highest BCUT2D eigenvalue weighted by Gasteiger charge is 2.07. The number of carbonyl (C=O) groups excluding carboxylic acids is 1. The van der Waals surface area contributed by atoms with Crippen molar-refractivity contribution in [2.45, 2.75) is 0 Å². The summed E-state index contributed by atoms with van der Waals surface area (Å²) < 4.78 is 5.45. The Morgan fingerprint density at radius 2 is 1.71 bits per heavy atom. The van der Waals surface area contributed by atoms with Gasteiger partial charge in [0, 0.05) is 10.6 Å². The van der Waals surface area contributed by atoms with E-state index < -0.39 is 5.91 Å². The number of hydrogen-bond acceptors (Lipinski definition) is 4. The van der Waals surface area contributed by atoms with Gasteiger partial charge in [-0.25, -0.2) is 5.43 Å². The van der Waals surface area contributed by atoms with Crippen LogP contribution in [0.3, 0.4) is 0 Å². The Kier molecular flexibility index (Phi) is 6.53. The van der Waals surface area contributed by atoms with Gasteiger partial charge in [-0.15, -0.1) is 0 Å². The Hall–Kier alpha value is -3.02. The molecule has 3 rings (SSSR count). The molecule has 3 aromatic rings. The zero-order valence-electron chi connectivity index (χ0n) is 14.6. The number of rotatable bonds is 6. The van der Waals surface area contributed by atoms with E-state index in [0.717, 1.165) is 11.1 Å². The number of hydrogen-bond donors (Lipinski definition) is 2. The molecule has 5 nitrogen and oxygen atoms in total. The van der Waals surface area contributed by atoms with Crippen molar-refractivity contribution in [1.29, 1.82) is 0 Å². The smallest absolute Gasteiger partial charge is 0.277 e. The molecule has 0 aliphatic heterocycles. The molecule has 0 aliphatic carbocycles. The maximum Gasteiger partial charge on any atom is 0.277 e. The Balaban J connectivity index is 1.52. The fourth-order valence-corrected chi connectivity index (χ4v) is 2.92. The second-order valence-electron chi connectivity index (χ2n) is 5.80. The summed E-state index contributed by atoms with van der Waals surface area (Å²) in [5.41, 5.74) is 4.76. The summed E-state index contributed by atoms with van der Waals surface area (Å²) in [5.74, 6) is -0.0482. The molecule has 0 heterocycles. The number of amides is 1. The first-order chi connectivity index (χ1) is 13.5. The Labute approximate surface area is 172 Å². The van der Waals surface area contributed by atoms with E-state index >= 15 is 0 Å². The SMILES string of the molecule is O=C(COc1ccc(-c2ccccc2)cc1)N/N=C\c1cc(Cl)cc(Cl)c1O. The standard InChI is InChI=1S/C21H16Cl2N2O3/c22-17-10-16(21(27)19(23)11-17)12-24-25-20(26)13-28-18-8-6-15(7-9-18)14-4-2-1-3-5-14/h1-12,27H,13H2,(H,25,26)/b24-12-.